The van der Waals surface area contributed by atoms with Gasteiger partial charge in [0.15, 0.2) is 0 Å². The van der Waals surface area contributed by atoms with E-state index in [4.69, 9.17) is 4.42 Å². The fourth-order valence-electron chi connectivity index (χ4n) is 2.19. The maximum atomic E-state index is 13.1. The zero-order valence-corrected chi connectivity index (χ0v) is 13.3. The van der Waals surface area contributed by atoms with Crippen LogP contribution in [0.25, 0.3) is 10.8 Å². The predicted octanol–water partition coefficient (Wildman–Crippen LogP) is 3.82. The molecule has 0 radical (unpaired) electrons. The summed E-state index contributed by atoms with van der Waals surface area (Å²) in [6, 6.07) is 9.51. The highest BCUT2D eigenvalue weighted by Gasteiger charge is 2.12. The van der Waals surface area contributed by atoms with Crippen molar-refractivity contribution >= 4 is 17.2 Å². The van der Waals surface area contributed by atoms with Gasteiger partial charge in [-0.2, -0.15) is 0 Å². The van der Waals surface area contributed by atoms with E-state index in [1.807, 2.05) is 24.4 Å². The van der Waals surface area contributed by atoms with Gasteiger partial charge in [-0.3, -0.25) is 4.79 Å². The Morgan fingerprint density at radius 1 is 1.35 bits per heavy atom. The maximum Gasteiger partial charge on any atom is 0.251 e. The minimum Gasteiger partial charge on any atom is -0.440 e. The molecule has 6 heteroatoms. The molecular formula is C17H15FN2O2S. The first kappa shape index (κ1) is 15.4. The van der Waals surface area contributed by atoms with Gasteiger partial charge in [0.05, 0.1) is 10.6 Å². The van der Waals surface area contributed by atoms with Crippen LogP contribution in [-0.4, -0.2) is 17.4 Å². The summed E-state index contributed by atoms with van der Waals surface area (Å²) in [7, 11) is 0. The molecule has 1 N–H and O–H groups in total. The van der Waals surface area contributed by atoms with Crippen LogP contribution >= 0.6 is 11.3 Å². The summed E-state index contributed by atoms with van der Waals surface area (Å²) in [5.74, 6) is 0.618. The molecule has 0 saturated carbocycles. The predicted molar refractivity (Wildman–Crippen MR) is 87.0 cm³/mol. The van der Waals surface area contributed by atoms with Gasteiger partial charge < -0.3 is 9.73 Å². The number of hydrogen-bond acceptors (Lipinski definition) is 4. The highest BCUT2D eigenvalue weighted by Crippen LogP contribution is 2.25. The molecule has 1 aromatic carbocycles. The molecule has 0 aliphatic carbocycles. The normalized spacial score (nSPS) is 10.7. The molecule has 3 rings (SSSR count). The Morgan fingerprint density at radius 2 is 2.22 bits per heavy atom. The number of aromatic nitrogens is 1. The first-order chi connectivity index (χ1) is 11.1. The Labute approximate surface area is 137 Å². The van der Waals surface area contributed by atoms with E-state index in [1.165, 1.54) is 18.2 Å². The lowest BCUT2D eigenvalue weighted by atomic mass is 10.2. The summed E-state index contributed by atoms with van der Waals surface area (Å²) in [6.07, 6.45) is 0.557. The Bertz CT molecular complexity index is 812. The maximum absolute atomic E-state index is 13.1. The average Bonchev–Trinajstić information content (AvgIpc) is 3.17. The summed E-state index contributed by atoms with van der Waals surface area (Å²) in [4.78, 5) is 17.4. The number of halogens is 1. The second-order valence-electron chi connectivity index (χ2n) is 5.02. The Balaban J connectivity index is 1.60. The van der Waals surface area contributed by atoms with Gasteiger partial charge in [0, 0.05) is 18.5 Å². The van der Waals surface area contributed by atoms with Crippen LogP contribution in [0.1, 0.15) is 21.8 Å². The second-order valence-corrected chi connectivity index (χ2v) is 5.96. The van der Waals surface area contributed by atoms with E-state index in [1.54, 1.807) is 17.4 Å². The van der Waals surface area contributed by atoms with Crippen molar-refractivity contribution in [2.45, 2.75) is 13.3 Å². The molecular weight excluding hydrogens is 315 g/mol. The third-order valence-electron chi connectivity index (χ3n) is 3.36. The molecule has 3 aromatic rings. The second kappa shape index (κ2) is 6.75. The Hall–Kier alpha value is -2.47. The Kier molecular flexibility index (Phi) is 4.52. The van der Waals surface area contributed by atoms with Crippen LogP contribution in [0.15, 0.2) is 46.2 Å². The van der Waals surface area contributed by atoms with Crippen molar-refractivity contribution in [3.63, 3.8) is 0 Å². The molecule has 118 valence electrons. The van der Waals surface area contributed by atoms with Crippen LogP contribution in [0.5, 0.6) is 0 Å². The van der Waals surface area contributed by atoms with Gasteiger partial charge in [0.1, 0.15) is 11.6 Å². The fourth-order valence-corrected chi connectivity index (χ4v) is 2.84. The third kappa shape index (κ3) is 3.65. The van der Waals surface area contributed by atoms with Crippen molar-refractivity contribution in [1.29, 1.82) is 0 Å². The number of hydrogen-bond donors (Lipinski definition) is 1. The van der Waals surface area contributed by atoms with Gasteiger partial charge in [-0.25, -0.2) is 9.37 Å². The summed E-state index contributed by atoms with van der Waals surface area (Å²) in [6.45, 7) is 2.26. The number of carbonyl (C=O) groups is 1. The van der Waals surface area contributed by atoms with Crippen LogP contribution in [-0.2, 0) is 6.42 Å². The van der Waals surface area contributed by atoms with Crippen LogP contribution in [0.2, 0.25) is 0 Å². The van der Waals surface area contributed by atoms with Gasteiger partial charge in [0.25, 0.3) is 5.91 Å². The van der Waals surface area contributed by atoms with Crippen molar-refractivity contribution in [2.24, 2.45) is 0 Å². The number of nitrogens with zero attached hydrogens (tertiary/aromatic N) is 1. The first-order valence-electron chi connectivity index (χ1n) is 7.17. The topological polar surface area (TPSA) is 55.1 Å². The molecule has 0 aliphatic rings. The zero-order chi connectivity index (χ0) is 16.2. The molecule has 0 atom stereocenters. The summed E-state index contributed by atoms with van der Waals surface area (Å²) < 4.78 is 18.8. The molecule has 1 amide bonds. The van der Waals surface area contributed by atoms with Crippen molar-refractivity contribution in [3.8, 4) is 10.8 Å². The van der Waals surface area contributed by atoms with E-state index in [0.29, 0.717) is 24.4 Å². The van der Waals surface area contributed by atoms with Crippen molar-refractivity contribution in [1.82, 2.24) is 10.3 Å². The van der Waals surface area contributed by atoms with E-state index in [2.05, 4.69) is 10.3 Å². The van der Waals surface area contributed by atoms with E-state index in [0.717, 1.165) is 16.3 Å². The standard InChI is InChI=1S/C17H15FN2O2S/c1-11-14(20-17(22-11)15-6-3-9-23-15)7-8-19-16(21)12-4-2-5-13(18)10-12/h2-6,9-10H,7-8H2,1H3,(H,19,21). The van der Waals surface area contributed by atoms with Gasteiger partial charge in [-0.1, -0.05) is 12.1 Å². The summed E-state index contributed by atoms with van der Waals surface area (Å²) in [5.41, 5.74) is 1.12. The lowest BCUT2D eigenvalue weighted by molar-refractivity contribution is 0.0953. The highest BCUT2D eigenvalue weighted by atomic mass is 32.1. The molecule has 0 aliphatic heterocycles. The van der Waals surface area contributed by atoms with Crippen LogP contribution in [0.3, 0.4) is 0 Å². The molecule has 23 heavy (non-hydrogen) atoms. The van der Waals surface area contributed by atoms with E-state index in [9.17, 15) is 9.18 Å². The number of nitrogens with one attached hydrogen (secondary N) is 1. The van der Waals surface area contributed by atoms with Gasteiger partial charge >= 0.3 is 0 Å². The Morgan fingerprint density at radius 3 is 2.96 bits per heavy atom. The number of oxazole rings is 1. The summed E-state index contributed by atoms with van der Waals surface area (Å²) in [5, 5.41) is 4.73. The van der Waals surface area contributed by atoms with Crippen molar-refractivity contribution < 1.29 is 13.6 Å². The highest BCUT2D eigenvalue weighted by molar-refractivity contribution is 7.13. The minimum absolute atomic E-state index is 0.302. The fraction of sp³-hybridized carbons (Fsp3) is 0.176. The largest absolute Gasteiger partial charge is 0.440 e. The molecule has 0 bridgehead atoms. The average molecular weight is 330 g/mol. The lowest BCUT2D eigenvalue weighted by Gasteiger charge is -2.04. The SMILES string of the molecule is Cc1oc(-c2cccs2)nc1CCNC(=O)c1cccc(F)c1. The monoisotopic (exact) mass is 330 g/mol. The first-order valence-corrected chi connectivity index (χ1v) is 8.05. The number of thiophene rings is 1. The van der Waals surface area contributed by atoms with Crippen LogP contribution < -0.4 is 5.32 Å². The number of benzene rings is 1. The smallest absolute Gasteiger partial charge is 0.251 e. The molecule has 2 heterocycles. The van der Waals surface area contributed by atoms with E-state index < -0.39 is 5.82 Å². The molecule has 2 aromatic heterocycles. The van der Waals surface area contributed by atoms with Crippen LogP contribution in [0.4, 0.5) is 4.39 Å². The van der Waals surface area contributed by atoms with Gasteiger partial charge in [0.2, 0.25) is 5.89 Å². The van der Waals surface area contributed by atoms with E-state index >= 15 is 0 Å². The number of rotatable bonds is 5. The molecule has 0 saturated heterocycles. The quantitative estimate of drug-likeness (QED) is 0.774. The molecule has 0 unspecified atom stereocenters. The zero-order valence-electron chi connectivity index (χ0n) is 12.5. The summed E-state index contributed by atoms with van der Waals surface area (Å²) >= 11 is 1.56. The minimum atomic E-state index is -0.425. The molecule has 0 spiro atoms. The molecule has 4 nitrogen and oxygen atoms in total. The van der Waals surface area contributed by atoms with Gasteiger partial charge in [-0.15, -0.1) is 11.3 Å². The number of carbonyl (C=O) groups excluding carboxylic acids is 1. The van der Waals surface area contributed by atoms with E-state index in [-0.39, 0.29) is 5.91 Å². The van der Waals surface area contributed by atoms with Crippen molar-refractivity contribution in [2.75, 3.05) is 6.54 Å². The van der Waals surface area contributed by atoms with Crippen LogP contribution in [0, 0.1) is 12.7 Å². The van der Waals surface area contributed by atoms with Crippen molar-refractivity contribution in [3.05, 3.63) is 64.6 Å². The third-order valence-corrected chi connectivity index (χ3v) is 4.22. The van der Waals surface area contributed by atoms with Gasteiger partial charge in [-0.05, 0) is 36.6 Å². The number of aryl methyl sites for hydroxylation is 1. The molecule has 0 fully saturated rings. The number of amides is 1. The lowest BCUT2D eigenvalue weighted by Crippen LogP contribution is -2.26.